The lowest BCUT2D eigenvalue weighted by atomic mass is 10.2. The van der Waals surface area contributed by atoms with E-state index in [9.17, 15) is 15.2 Å². The van der Waals surface area contributed by atoms with E-state index >= 15 is 0 Å². The molecule has 2 rings (SSSR count). The average molecular weight is 259 g/mol. The Bertz CT molecular complexity index is 573. The molecule has 0 fully saturated rings. The molecule has 6 nitrogen and oxygen atoms in total. The molecule has 0 atom stereocenters. The molecule has 0 saturated carbocycles. The molecule has 98 valence electrons. The Morgan fingerprint density at radius 2 is 1.89 bits per heavy atom. The van der Waals surface area contributed by atoms with Crippen LogP contribution in [-0.2, 0) is 6.54 Å². The molecule has 2 aromatic rings. The molecule has 0 radical (unpaired) electrons. The number of nitrogens with one attached hydrogen (secondary N) is 2. The number of para-hydroxylation sites is 1. The largest absolute Gasteiger partial charge is 0.508 e. The van der Waals surface area contributed by atoms with Crippen molar-refractivity contribution in [1.82, 2.24) is 5.43 Å². The number of hydrogen-bond donors (Lipinski definition) is 3. The summed E-state index contributed by atoms with van der Waals surface area (Å²) in [4.78, 5) is 10.1. The van der Waals surface area contributed by atoms with Gasteiger partial charge >= 0.3 is 0 Å². The number of nitro groups is 1. The molecule has 2 aromatic carbocycles. The van der Waals surface area contributed by atoms with Gasteiger partial charge in [-0.2, -0.15) is 0 Å². The Kier molecular flexibility index (Phi) is 3.94. The predicted octanol–water partition coefficient (Wildman–Crippen LogP) is 2.42. The van der Waals surface area contributed by atoms with Crippen LogP contribution < -0.4 is 10.9 Å². The molecule has 0 aromatic heterocycles. The first kappa shape index (κ1) is 12.8. The number of aromatic hydroxyl groups is 1. The first-order valence-corrected chi connectivity index (χ1v) is 5.66. The molecule has 6 heteroatoms. The van der Waals surface area contributed by atoms with Gasteiger partial charge in [-0.05, 0) is 23.8 Å². The van der Waals surface area contributed by atoms with E-state index in [4.69, 9.17) is 0 Å². The number of anilines is 1. The van der Waals surface area contributed by atoms with E-state index in [-0.39, 0.29) is 11.4 Å². The number of hydrogen-bond acceptors (Lipinski definition) is 5. The van der Waals surface area contributed by atoms with Crippen LogP contribution in [0.4, 0.5) is 11.4 Å². The van der Waals surface area contributed by atoms with Crippen LogP contribution >= 0.6 is 0 Å². The van der Waals surface area contributed by atoms with Gasteiger partial charge in [-0.3, -0.25) is 10.1 Å². The molecular weight excluding hydrogens is 246 g/mol. The Labute approximate surface area is 109 Å². The van der Waals surface area contributed by atoms with Gasteiger partial charge in [0.05, 0.1) is 11.0 Å². The van der Waals surface area contributed by atoms with Crippen molar-refractivity contribution < 1.29 is 10.0 Å². The number of benzene rings is 2. The van der Waals surface area contributed by atoms with E-state index in [1.165, 1.54) is 12.1 Å². The highest BCUT2D eigenvalue weighted by Gasteiger charge is 2.08. The minimum atomic E-state index is -0.534. The maximum absolute atomic E-state index is 10.7. The van der Waals surface area contributed by atoms with Crippen LogP contribution in [-0.4, -0.2) is 10.0 Å². The summed E-state index contributed by atoms with van der Waals surface area (Å²) in [5, 5.41) is 20.1. The Hall–Kier alpha value is -2.60. The second-order valence-electron chi connectivity index (χ2n) is 3.96. The highest BCUT2D eigenvalue weighted by Crippen LogP contribution is 2.21. The SMILES string of the molecule is O=[N+]([O-])c1cc(O)cc(CNNc2ccccc2)c1. The van der Waals surface area contributed by atoms with Crippen LogP contribution in [0.5, 0.6) is 5.75 Å². The van der Waals surface area contributed by atoms with Crippen molar-refractivity contribution in [3.63, 3.8) is 0 Å². The van der Waals surface area contributed by atoms with Crippen molar-refractivity contribution >= 4 is 11.4 Å². The number of hydrazine groups is 1. The third-order valence-electron chi connectivity index (χ3n) is 2.47. The van der Waals surface area contributed by atoms with Crippen LogP contribution in [0, 0.1) is 10.1 Å². The van der Waals surface area contributed by atoms with Crippen molar-refractivity contribution in [3.05, 3.63) is 64.2 Å². The van der Waals surface area contributed by atoms with Gasteiger partial charge in [-0.25, -0.2) is 5.43 Å². The van der Waals surface area contributed by atoms with E-state index in [1.54, 1.807) is 0 Å². The lowest BCUT2D eigenvalue weighted by Crippen LogP contribution is -2.20. The minimum Gasteiger partial charge on any atom is -0.508 e. The highest BCUT2D eigenvalue weighted by atomic mass is 16.6. The zero-order valence-electron chi connectivity index (χ0n) is 10.0. The molecule has 0 amide bonds. The molecule has 3 N–H and O–H groups in total. The lowest BCUT2D eigenvalue weighted by Gasteiger charge is -2.08. The third-order valence-corrected chi connectivity index (χ3v) is 2.47. The zero-order chi connectivity index (χ0) is 13.7. The fraction of sp³-hybridized carbons (Fsp3) is 0.0769. The second kappa shape index (κ2) is 5.83. The Balaban J connectivity index is 1.98. The summed E-state index contributed by atoms with van der Waals surface area (Å²) >= 11 is 0. The highest BCUT2D eigenvalue weighted by molar-refractivity contribution is 5.43. The van der Waals surface area contributed by atoms with Gasteiger partial charge in [0.1, 0.15) is 5.75 Å². The van der Waals surface area contributed by atoms with E-state index in [2.05, 4.69) is 10.9 Å². The van der Waals surface area contributed by atoms with Crippen LogP contribution in [0.1, 0.15) is 5.56 Å². The number of non-ortho nitro benzene ring substituents is 1. The molecule has 0 heterocycles. The summed E-state index contributed by atoms with van der Waals surface area (Å²) in [6, 6.07) is 13.5. The fourth-order valence-corrected chi connectivity index (χ4v) is 1.63. The smallest absolute Gasteiger partial charge is 0.273 e. The summed E-state index contributed by atoms with van der Waals surface area (Å²) in [7, 11) is 0. The van der Waals surface area contributed by atoms with Crippen LogP contribution in [0.15, 0.2) is 48.5 Å². The van der Waals surface area contributed by atoms with E-state index in [1.807, 2.05) is 30.3 Å². The number of phenols is 1. The molecule has 0 aliphatic heterocycles. The van der Waals surface area contributed by atoms with E-state index in [0.717, 1.165) is 11.8 Å². The van der Waals surface area contributed by atoms with E-state index in [0.29, 0.717) is 12.1 Å². The summed E-state index contributed by atoms with van der Waals surface area (Å²) in [5.74, 6) is -0.120. The van der Waals surface area contributed by atoms with Gasteiger partial charge in [-0.1, -0.05) is 18.2 Å². The maximum atomic E-state index is 10.7. The summed E-state index contributed by atoms with van der Waals surface area (Å²) in [5.41, 5.74) is 7.27. The lowest BCUT2D eigenvalue weighted by molar-refractivity contribution is -0.385. The molecule has 0 aliphatic rings. The standard InChI is InChI=1S/C13H13N3O3/c17-13-7-10(6-12(8-13)16(18)19)9-14-15-11-4-2-1-3-5-11/h1-8,14-15,17H,9H2. The molecule has 0 aliphatic carbocycles. The quantitative estimate of drug-likeness (QED) is 0.567. The summed E-state index contributed by atoms with van der Waals surface area (Å²) < 4.78 is 0. The predicted molar refractivity (Wildman–Crippen MR) is 71.7 cm³/mol. The summed E-state index contributed by atoms with van der Waals surface area (Å²) in [6.07, 6.45) is 0. The summed E-state index contributed by atoms with van der Waals surface area (Å²) in [6.45, 7) is 0.351. The van der Waals surface area contributed by atoms with Crippen LogP contribution in [0.3, 0.4) is 0 Å². The first-order chi connectivity index (χ1) is 9.15. The average Bonchev–Trinajstić information content (AvgIpc) is 2.39. The van der Waals surface area contributed by atoms with Crippen LogP contribution in [0.25, 0.3) is 0 Å². The van der Waals surface area contributed by atoms with Crippen molar-refractivity contribution in [2.45, 2.75) is 6.54 Å². The molecule has 0 spiro atoms. The van der Waals surface area contributed by atoms with Gasteiger partial charge in [0.2, 0.25) is 0 Å². The Morgan fingerprint density at radius 1 is 1.16 bits per heavy atom. The molecule has 19 heavy (non-hydrogen) atoms. The first-order valence-electron chi connectivity index (χ1n) is 5.66. The zero-order valence-corrected chi connectivity index (χ0v) is 10.0. The molecule has 0 bridgehead atoms. The van der Waals surface area contributed by atoms with Gasteiger partial charge < -0.3 is 10.5 Å². The van der Waals surface area contributed by atoms with Crippen LogP contribution in [0.2, 0.25) is 0 Å². The number of nitrogens with zero attached hydrogens (tertiary/aromatic N) is 1. The third kappa shape index (κ3) is 3.68. The molecular formula is C13H13N3O3. The molecule has 0 saturated heterocycles. The minimum absolute atomic E-state index is 0.120. The van der Waals surface area contributed by atoms with Crippen molar-refractivity contribution in [1.29, 1.82) is 0 Å². The van der Waals surface area contributed by atoms with Gasteiger partial charge in [0.25, 0.3) is 5.69 Å². The van der Waals surface area contributed by atoms with E-state index < -0.39 is 4.92 Å². The topological polar surface area (TPSA) is 87.4 Å². The Morgan fingerprint density at radius 3 is 2.58 bits per heavy atom. The number of nitro benzene ring substituents is 1. The fourth-order valence-electron chi connectivity index (χ4n) is 1.63. The normalized spacial score (nSPS) is 10.1. The van der Waals surface area contributed by atoms with Gasteiger partial charge in [-0.15, -0.1) is 0 Å². The van der Waals surface area contributed by atoms with Gasteiger partial charge in [0, 0.05) is 18.3 Å². The van der Waals surface area contributed by atoms with Crippen molar-refractivity contribution in [2.75, 3.05) is 5.43 Å². The second-order valence-corrected chi connectivity index (χ2v) is 3.96. The number of rotatable bonds is 5. The van der Waals surface area contributed by atoms with Gasteiger partial charge in [0.15, 0.2) is 0 Å². The monoisotopic (exact) mass is 259 g/mol. The van der Waals surface area contributed by atoms with Crippen molar-refractivity contribution in [2.24, 2.45) is 0 Å². The number of phenolic OH excluding ortho intramolecular Hbond substituents is 1. The molecule has 0 unspecified atom stereocenters. The van der Waals surface area contributed by atoms with Crippen molar-refractivity contribution in [3.8, 4) is 5.75 Å². The maximum Gasteiger partial charge on any atom is 0.273 e.